The van der Waals surface area contributed by atoms with Gasteiger partial charge in [-0.05, 0) is 18.1 Å². The third kappa shape index (κ3) is 3.68. The van der Waals surface area contributed by atoms with E-state index in [9.17, 15) is 10.1 Å². The number of anilines is 1. The Balaban J connectivity index is 1.66. The number of benzene rings is 2. The second-order valence-corrected chi connectivity index (χ2v) is 6.57. The van der Waals surface area contributed by atoms with Gasteiger partial charge >= 0.3 is 0 Å². The fourth-order valence-corrected chi connectivity index (χ4v) is 3.51. The highest BCUT2D eigenvalue weighted by Crippen LogP contribution is 2.32. The molecular formula is C18H20ClN3O2. The van der Waals surface area contributed by atoms with Crippen LogP contribution in [0.4, 0.5) is 11.4 Å². The van der Waals surface area contributed by atoms with Crippen molar-refractivity contribution >= 4 is 23.0 Å². The minimum atomic E-state index is -0.424. The average molecular weight is 346 g/mol. The third-order valence-corrected chi connectivity index (χ3v) is 4.87. The molecule has 126 valence electrons. The van der Waals surface area contributed by atoms with E-state index in [1.165, 1.54) is 17.7 Å². The molecule has 0 saturated carbocycles. The zero-order valence-corrected chi connectivity index (χ0v) is 14.3. The van der Waals surface area contributed by atoms with Gasteiger partial charge < -0.3 is 4.90 Å². The predicted octanol–water partition coefficient (Wildman–Crippen LogP) is 3.96. The van der Waals surface area contributed by atoms with Crippen molar-refractivity contribution in [2.45, 2.75) is 19.0 Å². The molecular weight excluding hydrogens is 326 g/mol. The van der Waals surface area contributed by atoms with Crippen molar-refractivity contribution in [2.24, 2.45) is 0 Å². The summed E-state index contributed by atoms with van der Waals surface area (Å²) in [7, 11) is 2.00. The number of nitro groups is 1. The van der Waals surface area contributed by atoms with E-state index in [0.29, 0.717) is 11.1 Å². The standard InChI is InChI=1S/C18H20ClN3O2/c1-20(18-8-7-15(22(23)24)11-17(18)19)16-9-10-21(13-16)12-14-5-3-2-4-6-14/h2-8,11,16H,9-10,12-13H2,1H3. The Morgan fingerprint density at radius 1 is 1.29 bits per heavy atom. The van der Waals surface area contributed by atoms with Crippen molar-refractivity contribution in [3.05, 3.63) is 69.2 Å². The van der Waals surface area contributed by atoms with E-state index in [1.807, 2.05) is 13.1 Å². The lowest BCUT2D eigenvalue weighted by molar-refractivity contribution is -0.384. The van der Waals surface area contributed by atoms with Gasteiger partial charge in [-0.25, -0.2) is 0 Å². The van der Waals surface area contributed by atoms with Crippen molar-refractivity contribution in [3.63, 3.8) is 0 Å². The molecule has 24 heavy (non-hydrogen) atoms. The first kappa shape index (κ1) is 16.7. The lowest BCUT2D eigenvalue weighted by Gasteiger charge is -2.27. The molecule has 0 bridgehead atoms. The largest absolute Gasteiger partial charge is 0.369 e. The van der Waals surface area contributed by atoms with Crippen LogP contribution < -0.4 is 4.90 Å². The van der Waals surface area contributed by atoms with Crippen LogP contribution in [0.1, 0.15) is 12.0 Å². The molecule has 2 aromatic rings. The Bertz CT molecular complexity index is 723. The normalized spacial score (nSPS) is 17.8. The molecule has 1 fully saturated rings. The highest BCUT2D eigenvalue weighted by molar-refractivity contribution is 6.33. The molecule has 1 aliphatic rings. The third-order valence-electron chi connectivity index (χ3n) is 4.57. The Hall–Kier alpha value is -2.11. The van der Waals surface area contributed by atoms with Crippen molar-refractivity contribution < 1.29 is 4.92 Å². The summed E-state index contributed by atoms with van der Waals surface area (Å²) in [5.74, 6) is 0. The summed E-state index contributed by atoms with van der Waals surface area (Å²) >= 11 is 6.25. The number of likely N-dealkylation sites (tertiary alicyclic amines) is 1. The number of likely N-dealkylation sites (N-methyl/N-ethyl adjacent to an activating group) is 1. The molecule has 0 aliphatic carbocycles. The number of hydrogen-bond donors (Lipinski definition) is 0. The monoisotopic (exact) mass is 345 g/mol. The molecule has 0 aromatic heterocycles. The summed E-state index contributed by atoms with van der Waals surface area (Å²) in [5.41, 5.74) is 2.18. The van der Waals surface area contributed by atoms with E-state index < -0.39 is 4.92 Å². The van der Waals surface area contributed by atoms with Crippen LogP contribution in [0.25, 0.3) is 0 Å². The van der Waals surface area contributed by atoms with Crippen molar-refractivity contribution in [1.29, 1.82) is 0 Å². The molecule has 6 heteroatoms. The van der Waals surface area contributed by atoms with Gasteiger partial charge in [0.15, 0.2) is 0 Å². The van der Waals surface area contributed by atoms with E-state index in [4.69, 9.17) is 11.6 Å². The Morgan fingerprint density at radius 3 is 2.71 bits per heavy atom. The van der Waals surface area contributed by atoms with Crippen LogP contribution >= 0.6 is 11.6 Å². The molecule has 5 nitrogen and oxygen atoms in total. The molecule has 1 aliphatic heterocycles. The lowest BCUT2D eigenvalue weighted by atomic mass is 10.2. The summed E-state index contributed by atoms with van der Waals surface area (Å²) in [6.45, 7) is 2.94. The molecule has 0 amide bonds. The first-order chi connectivity index (χ1) is 11.5. The van der Waals surface area contributed by atoms with Crippen molar-refractivity contribution in [2.75, 3.05) is 25.0 Å². The number of halogens is 1. The number of hydrogen-bond acceptors (Lipinski definition) is 4. The lowest BCUT2D eigenvalue weighted by Crippen LogP contribution is -2.34. The fourth-order valence-electron chi connectivity index (χ4n) is 3.21. The molecule has 1 saturated heterocycles. The topological polar surface area (TPSA) is 49.6 Å². The molecule has 2 aromatic carbocycles. The quantitative estimate of drug-likeness (QED) is 0.608. The minimum absolute atomic E-state index is 0.0225. The maximum Gasteiger partial charge on any atom is 0.271 e. The van der Waals surface area contributed by atoms with Gasteiger partial charge in [0, 0.05) is 44.9 Å². The minimum Gasteiger partial charge on any atom is -0.369 e. The van der Waals surface area contributed by atoms with Crippen LogP contribution in [0.5, 0.6) is 0 Å². The van der Waals surface area contributed by atoms with Crippen LogP contribution in [0.15, 0.2) is 48.5 Å². The summed E-state index contributed by atoms with van der Waals surface area (Å²) in [6, 6.07) is 15.5. The van der Waals surface area contributed by atoms with Gasteiger partial charge in [0.1, 0.15) is 0 Å². The zero-order chi connectivity index (χ0) is 17.1. The molecule has 0 radical (unpaired) electrons. The Kier molecular flexibility index (Phi) is 5.02. The highest BCUT2D eigenvalue weighted by atomic mass is 35.5. The molecule has 1 atom stereocenters. The van der Waals surface area contributed by atoms with E-state index in [2.05, 4.69) is 34.1 Å². The van der Waals surface area contributed by atoms with E-state index in [0.717, 1.165) is 31.7 Å². The maximum atomic E-state index is 10.8. The number of nitro benzene ring substituents is 1. The van der Waals surface area contributed by atoms with Crippen LogP contribution in [-0.2, 0) is 6.54 Å². The Morgan fingerprint density at radius 2 is 2.04 bits per heavy atom. The average Bonchev–Trinajstić information content (AvgIpc) is 3.03. The molecule has 1 heterocycles. The van der Waals surface area contributed by atoms with Crippen molar-refractivity contribution in [3.8, 4) is 0 Å². The van der Waals surface area contributed by atoms with E-state index in [1.54, 1.807) is 6.07 Å². The van der Waals surface area contributed by atoms with Gasteiger partial charge in [0.25, 0.3) is 5.69 Å². The molecule has 1 unspecified atom stereocenters. The molecule has 0 spiro atoms. The number of rotatable bonds is 5. The number of nitrogens with zero attached hydrogens (tertiary/aromatic N) is 3. The summed E-state index contributed by atoms with van der Waals surface area (Å²) < 4.78 is 0. The first-order valence-corrected chi connectivity index (χ1v) is 8.35. The van der Waals surface area contributed by atoms with E-state index >= 15 is 0 Å². The fraction of sp³-hybridized carbons (Fsp3) is 0.333. The zero-order valence-electron chi connectivity index (χ0n) is 13.6. The van der Waals surface area contributed by atoms with Crippen LogP contribution in [-0.4, -0.2) is 36.0 Å². The van der Waals surface area contributed by atoms with Gasteiger partial charge in [-0.2, -0.15) is 0 Å². The second kappa shape index (κ2) is 7.20. The SMILES string of the molecule is CN(c1ccc([N+](=O)[O-])cc1Cl)C1CCN(Cc2ccccc2)C1. The Labute approximate surface area is 146 Å². The van der Waals surface area contributed by atoms with Gasteiger partial charge in [-0.3, -0.25) is 15.0 Å². The summed E-state index contributed by atoms with van der Waals surface area (Å²) in [4.78, 5) is 15.0. The number of non-ortho nitro benzene ring substituents is 1. The summed E-state index contributed by atoms with van der Waals surface area (Å²) in [5, 5.41) is 11.3. The van der Waals surface area contributed by atoms with Gasteiger partial charge in [-0.15, -0.1) is 0 Å². The highest BCUT2D eigenvalue weighted by Gasteiger charge is 2.27. The maximum absolute atomic E-state index is 10.8. The smallest absolute Gasteiger partial charge is 0.271 e. The predicted molar refractivity (Wildman–Crippen MR) is 96.6 cm³/mol. The molecule has 0 N–H and O–H groups in total. The van der Waals surface area contributed by atoms with Crippen LogP contribution in [0.2, 0.25) is 5.02 Å². The van der Waals surface area contributed by atoms with Gasteiger partial charge in [-0.1, -0.05) is 41.9 Å². The van der Waals surface area contributed by atoms with Gasteiger partial charge in [0.05, 0.1) is 15.6 Å². The molecule has 3 rings (SSSR count). The van der Waals surface area contributed by atoms with E-state index in [-0.39, 0.29) is 5.69 Å². The van der Waals surface area contributed by atoms with Crippen LogP contribution in [0, 0.1) is 10.1 Å². The van der Waals surface area contributed by atoms with Gasteiger partial charge in [0.2, 0.25) is 0 Å². The summed E-state index contributed by atoms with van der Waals surface area (Å²) in [6.07, 6.45) is 1.05. The first-order valence-electron chi connectivity index (χ1n) is 7.97. The second-order valence-electron chi connectivity index (χ2n) is 6.17. The van der Waals surface area contributed by atoms with Crippen molar-refractivity contribution in [1.82, 2.24) is 4.90 Å². The van der Waals surface area contributed by atoms with Crippen LogP contribution in [0.3, 0.4) is 0 Å².